The van der Waals surface area contributed by atoms with Crippen molar-refractivity contribution in [2.24, 2.45) is 5.84 Å². The molecule has 0 aromatic heterocycles. The summed E-state index contributed by atoms with van der Waals surface area (Å²) in [5.41, 5.74) is 2.48. The molecule has 0 radical (unpaired) electrons. The first-order valence-corrected chi connectivity index (χ1v) is 8.27. The molecule has 0 spiro atoms. The Morgan fingerprint density at radius 2 is 2.00 bits per heavy atom. The first-order valence-electron chi connectivity index (χ1n) is 6.21. The molecule has 5 nitrogen and oxygen atoms in total. The zero-order chi connectivity index (χ0) is 12.9. The van der Waals surface area contributed by atoms with Crippen LogP contribution in [0.15, 0.2) is 0 Å². The molecule has 0 bridgehead atoms. The molecule has 0 aromatic carbocycles. The Morgan fingerprint density at radius 3 is 2.41 bits per heavy atom. The molecular weight excluding hydrogens is 240 g/mol. The molecule has 6 heteroatoms. The van der Waals surface area contributed by atoms with E-state index in [4.69, 9.17) is 10.6 Å². The summed E-state index contributed by atoms with van der Waals surface area (Å²) >= 11 is 0. The van der Waals surface area contributed by atoms with Crippen molar-refractivity contribution in [3.8, 4) is 0 Å². The van der Waals surface area contributed by atoms with Crippen molar-refractivity contribution in [2.75, 3.05) is 18.6 Å². The van der Waals surface area contributed by atoms with E-state index in [9.17, 15) is 8.42 Å². The Bertz CT molecular complexity index is 324. The van der Waals surface area contributed by atoms with Crippen LogP contribution in [-0.4, -0.2) is 38.7 Å². The zero-order valence-corrected chi connectivity index (χ0v) is 11.6. The van der Waals surface area contributed by atoms with Crippen LogP contribution in [0.2, 0.25) is 0 Å². The quantitative estimate of drug-likeness (QED) is 0.520. The highest BCUT2D eigenvalue weighted by atomic mass is 32.2. The first-order chi connectivity index (χ1) is 7.93. The van der Waals surface area contributed by atoms with Crippen LogP contribution in [0.1, 0.15) is 39.0 Å². The molecule has 1 aliphatic carbocycles. The van der Waals surface area contributed by atoms with Crippen molar-refractivity contribution in [1.82, 2.24) is 5.43 Å². The molecule has 3 N–H and O–H groups in total. The van der Waals surface area contributed by atoms with Gasteiger partial charge in [-0.05, 0) is 26.2 Å². The average molecular weight is 264 g/mol. The molecule has 102 valence electrons. The molecule has 1 saturated carbocycles. The number of sulfone groups is 1. The molecule has 17 heavy (non-hydrogen) atoms. The van der Waals surface area contributed by atoms with Gasteiger partial charge in [-0.3, -0.25) is 11.3 Å². The molecule has 1 unspecified atom stereocenters. The van der Waals surface area contributed by atoms with Crippen LogP contribution in [0, 0.1) is 0 Å². The van der Waals surface area contributed by atoms with Gasteiger partial charge in [0.2, 0.25) is 0 Å². The smallest absolute Gasteiger partial charge is 0.147 e. The van der Waals surface area contributed by atoms with Gasteiger partial charge >= 0.3 is 0 Å². The predicted molar refractivity (Wildman–Crippen MR) is 68.3 cm³/mol. The molecule has 1 fully saturated rings. The van der Waals surface area contributed by atoms with Crippen LogP contribution in [0.25, 0.3) is 0 Å². The van der Waals surface area contributed by atoms with Crippen molar-refractivity contribution in [3.63, 3.8) is 0 Å². The van der Waals surface area contributed by atoms with Gasteiger partial charge in [-0.15, -0.1) is 0 Å². The van der Waals surface area contributed by atoms with Gasteiger partial charge in [-0.25, -0.2) is 8.42 Å². The van der Waals surface area contributed by atoms with Gasteiger partial charge in [0.15, 0.2) is 0 Å². The van der Waals surface area contributed by atoms with E-state index in [1.54, 1.807) is 0 Å². The summed E-state index contributed by atoms with van der Waals surface area (Å²) in [7, 11) is -2.95. The number of hydrogen-bond donors (Lipinski definition) is 2. The summed E-state index contributed by atoms with van der Waals surface area (Å²) in [4.78, 5) is 0. The Hall–Kier alpha value is -0.170. The van der Waals surface area contributed by atoms with Crippen LogP contribution in [0.5, 0.6) is 0 Å². The van der Waals surface area contributed by atoms with Gasteiger partial charge < -0.3 is 4.74 Å². The van der Waals surface area contributed by atoms with Crippen LogP contribution in [-0.2, 0) is 14.6 Å². The number of nitrogens with one attached hydrogen (secondary N) is 1. The molecule has 0 aliphatic heterocycles. The summed E-state index contributed by atoms with van der Waals surface area (Å²) in [5, 5.41) is 0. The molecule has 0 saturated heterocycles. The van der Waals surface area contributed by atoms with E-state index in [0.717, 1.165) is 25.7 Å². The predicted octanol–water partition coefficient (Wildman–Crippen LogP) is 0.602. The van der Waals surface area contributed by atoms with Gasteiger partial charge in [-0.2, -0.15) is 0 Å². The van der Waals surface area contributed by atoms with Gasteiger partial charge in [0, 0.05) is 12.9 Å². The Labute approximate surface area is 104 Å². The first kappa shape index (κ1) is 14.9. The molecule has 1 atom stereocenters. The van der Waals surface area contributed by atoms with Crippen molar-refractivity contribution in [3.05, 3.63) is 0 Å². The van der Waals surface area contributed by atoms with Gasteiger partial charge in [0.25, 0.3) is 0 Å². The van der Waals surface area contributed by atoms with Crippen LogP contribution in [0.4, 0.5) is 0 Å². The third kappa shape index (κ3) is 4.21. The Kier molecular flexibility index (Phi) is 5.37. The largest absolute Gasteiger partial charge is 0.374 e. The molecule has 1 rings (SSSR count). The number of hydrazine groups is 1. The summed E-state index contributed by atoms with van der Waals surface area (Å²) in [5.74, 6) is 5.72. The van der Waals surface area contributed by atoms with E-state index in [1.807, 2.05) is 6.92 Å². The molecule has 0 amide bonds. The minimum absolute atomic E-state index is 0.0836. The third-order valence-electron chi connectivity index (χ3n) is 3.50. The number of ether oxygens (including phenoxy) is 1. The van der Waals surface area contributed by atoms with E-state index < -0.39 is 9.84 Å². The Balaban J connectivity index is 2.68. The molecular formula is C11H24N2O3S. The van der Waals surface area contributed by atoms with Crippen LogP contribution >= 0.6 is 0 Å². The molecule has 1 aliphatic rings. The lowest BCUT2D eigenvalue weighted by atomic mass is 9.90. The van der Waals surface area contributed by atoms with E-state index in [2.05, 4.69) is 5.43 Å². The lowest BCUT2D eigenvalue weighted by Crippen LogP contribution is -2.54. The maximum Gasteiger partial charge on any atom is 0.147 e. The van der Waals surface area contributed by atoms with E-state index in [1.165, 1.54) is 6.26 Å². The van der Waals surface area contributed by atoms with Gasteiger partial charge in [0.1, 0.15) is 9.84 Å². The van der Waals surface area contributed by atoms with Crippen molar-refractivity contribution >= 4 is 9.84 Å². The normalized spacial score (nSPS) is 21.6. The highest BCUT2D eigenvalue weighted by Crippen LogP contribution is 2.37. The fourth-order valence-electron chi connectivity index (χ4n) is 2.68. The maximum atomic E-state index is 11.2. The van der Waals surface area contributed by atoms with Gasteiger partial charge in [-0.1, -0.05) is 12.8 Å². The van der Waals surface area contributed by atoms with Crippen molar-refractivity contribution in [1.29, 1.82) is 0 Å². The summed E-state index contributed by atoms with van der Waals surface area (Å²) in [6.45, 7) is 2.60. The SMILES string of the molecule is CCOC1(C(CCS(C)(=O)=O)NN)CCCC1. The zero-order valence-electron chi connectivity index (χ0n) is 10.7. The summed E-state index contributed by atoms with van der Waals surface area (Å²) < 4.78 is 28.3. The Morgan fingerprint density at radius 1 is 1.41 bits per heavy atom. The molecule has 0 aromatic rings. The lowest BCUT2D eigenvalue weighted by molar-refractivity contribution is -0.0620. The minimum Gasteiger partial charge on any atom is -0.374 e. The monoisotopic (exact) mass is 264 g/mol. The third-order valence-corrected chi connectivity index (χ3v) is 4.47. The summed E-state index contributed by atoms with van der Waals surface area (Å²) in [6.07, 6.45) is 5.92. The molecule has 0 heterocycles. The second kappa shape index (κ2) is 6.13. The highest BCUT2D eigenvalue weighted by Gasteiger charge is 2.41. The standard InChI is InChI=1S/C11H24N2O3S/c1-3-16-11(7-4-5-8-11)10(13-12)6-9-17(2,14)15/h10,13H,3-9,12H2,1-2H3. The van der Waals surface area contributed by atoms with Crippen LogP contribution in [0.3, 0.4) is 0 Å². The summed E-state index contributed by atoms with van der Waals surface area (Å²) in [6, 6.07) is -0.0836. The second-order valence-electron chi connectivity index (χ2n) is 4.84. The highest BCUT2D eigenvalue weighted by molar-refractivity contribution is 7.90. The van der Waals surface area contributed by atoms with E-state index >= 15 is 0 Å². The van der Waals surface area contributed by atoms with Gasteiger partial charge in [0.05, 0.1) is 17.4 Å². The fraction of sp³-hybridized carbons (Fsp3) is 1.00. The van der Waals surface area contributed by atoms with Crippen LogP contribution < -0.4 is 11.3 Å². The topological polar surface area (TPSA) is 81.4 Å². The number of nitrogens with two attached hydrogens (primary N) is 1. The maximum absolute atomic E-state index is 11.2. The van der Waals surface area contributed by atoms with E-state index in [-0.39, 0.29) is 17.4 Å². The minimum atomic E-state index is -2.95. The second-order valence-corrected chi connectivity index (χ2v) is 7.10. The lowest BCUT2D eigenvalue weighted by Gasteiger charge is -2.37. The van der Waals surface area contributed by atoms with Crippen molar-refractivity contribution < 1.29 is 13.2 Å². The van der Waals surface area contributed by atoms with E-state index in [0.29, 0.717) is 13.0 Å². The van der Waals surface area contributed by atoms with Crippen molar-refractivity contribution in [2.45, 2.75) is 50.7 Å². The fourth-order valence-corrected chi connectivity index (χ4v) is 3.35. The number of rotatable bonds is 7. The number of hydrogen-bond acceptors (Lipinski definition) is 5. The average Bonchev–Trinajstić information content (AvgIpc) is 2.67.